The molecule has 5 rings (SSSR count). The molecule has 6 nitrogen and oxygen atoms in total. The second-order valence-electron chi connectivity index (χ2n) is 8.52. The molecule has 2 saturated carbocycles. The summed E-state index contributed by atoms with van der Waals surface area (Å²) >= 11 is 0. The maximum absolute atomic E-state index is 12.8. The van der Waals surface area contributed by atoms with Crippen molar-refractivity contribution in [1.29, 1.82) is 0 Å². The summed E-state index contributed by atoms with van der Waals surface area (Å²) in [5.41, 5.74) is 1.08. The summed E-state index contributed by atoms with van der Waals surface area (Å²) < 4.78 is 0. The molecule has 2 aromatic carbocycles. The average Bonchev–Trinajstić information content (AvgIpc) is 3.58. The Labute approximate surface area is 175 Å². The lowest BCUT2D eigenvalue weighted by atomic mass is 9.90. The van der Waals surface area contributed by atoms with E-state index in [1.54, 1.807) is 0 Å². The van der Waals surface area contributed by atoms with Gasteiger partial charge in [0.25, 0.3) is 5.56 Å². The van der Waals surface area contributed by atoms with Gasteiger partial charge in [-0.2, -0.15) is 5.10 Å². The molecule has 2 fully saturated rings. The van der Waals surface area contributed by atoms with E-state index in [2.05, 4.69) is 33.0 Å². The fraction of sp³-hybridized carbons (Fsp3) is 0.375. The number of hydrogen-bond donors (Lipinski definition) is 3. The van der Waals surface area contributed by atoms with Crippen molar-refractivity contribution in [2.45, 2.75) is 50.1 Å². The molecule has 2 aliphatic rings. The van der Waals surface area contributed by atoms with Gasteiger partial charge in [0.05, 0.1) is 5.39 Å². The third kappa shape index (κ3) is 3.82. The van der Waals surface area contributed by atoms with Gasteiger partial charge >= 0.3 is 0 Å². The molecule has 1 heterocycles. The van der Waals surface area contributed by atoms with Gasteiger partial charge in [0.2, 0.25) is 5.91 Å². The zero-order chi connectivity index (χ0) is 20.5. The first-order valence-corrected chi connectivity index (χ1v) is 10.8. The van der Waals surface area contributed by atoms with Gasteiger partial charge < -0.3 is 10.6 Å². The monoisotopic (exact) mass is 402 g/mol. The Morgan fingerprint density at radius 3 is 2.50 bits per heavy atom. The molecule has 30 heavy (non-hydrogen) atoms. The lowest BCUT2D eigenvalue weighted by molar-refractivity contribution is -0.123. The molecule has 0 aliphatic heterocycles. The van der Waals surface area contributed by atoms with Gasteiger partial charge in [-0.15, -0.1) is 0 Å². The van der Waals surface area contributed by atoms with Gasteiger partial charge in [0.15, 0.2) is 5.82 Å². The van der Waals surface area contributed by atoms with E-state index in [9.17, 15) is 9.59 Å². The first-order valence-electron chi connectivity index (χ1n) is 10.8. The SMILES string of the molecule is O=C(NC1CCCC(Nc2n[nH]c(=O)c3ccccc23)C1)C1CC1c1ccccc1. The van der Waals surface area contributed by atoms with Crippen molar-refractivity contribution in [3.05, 3.63) is 70.5 Å². The van der Waals surface area contributed by atoms with Crippen LogP contribution in [0.4, 0.5) is 5.82 Å². The van der Waals surface area contributed by atoms with E-state index in [1.165, 1.54) is 5.56 Å². The first kappa shape index (κ1) is 18.9. The number of nitrogens with zero attached hydrogens (tertiary/aromatic N) is 1. The number of carbonyl (C=O) groups is 1. The van der Waals surface area contributed by atoms with E-state index in [0.29, 0.717) is 17.1 Å². The molecule has 154 valence electrons. The number of carbonyl (C=O) groups excluding carboxylic acids is 1. The summed E-state index contributed by atoms with van der Waals surface area (Å²) in [5, 5.41) is 15.1. The third-order valence-corrected chi connectivity index (χ3v) is 6.41. The van der Waals surface area contributed by atoms with Crippen LogP contribution in [0, 0.1) is 5.92 Å². The molecule has 6 heteroatoms. The van der Waals surface area contributed by atoms with Crippen molar-refractivity contribution in [3.8, 4) is 0 Å². The molecule has 4 unspecified atom stereocenters. The van der Waals surface area contributed by atoms with Crippen LogP contribution >= 0.6 is 0 Å². The molecule has 4 atom stereocenters. The van der Waals surface area contributed by atoms with Gasteiger partial charge in [0, 0.05) is 23.4 Å². The highest BCUT2D eigenvalue weighted by molar-refractivity contribution is 5.90. The van der Waals surface area contributed by atoms with Crippen LogP contribution in [0.1, 0.15) is 43.6 Å². The maximum atomic E-state index is 12.8. The van der Waals surface area contributed by atoms with E-state index >= 15 is 0 Å². The first-order chi connectivity index (χ1) is 14.7. The molecule has 0 saturated heterocycles. The molecule has 1 aromatic heterocycles. The second kappa shape index (κ2) is 7.94. The number of H-pyrrole nitrogens is 1. The van der Waals surface area contributed by atoms with Crippen molar-refractivity contribution in [1.82, 2.24) is 15.5 Å². The van der Waals surface area contributed by atoms with Crippen molar-refractivity contribution >= 4 is 22.5 Å². The number of amides is 1. The van der Waals surface area contributed by atoms with Crippen LogP contribution < -0.4 is 16.2 Å². The number of rotatable bonds is 5. The number of fused-ring (bicyclic) bond motifs is 1. The van der Waals surface area contributed by atoms with Gasteiger partial charge in [0.1, 0.15) is 0 Å². The highest BCUT2D eigenvalue weighted by Gasteiger charge is 2.44. The minimum absolute atomic E-state index is 0.102. The van der Waals surface area contributed by atoms with Gasteiger partial charge in [-0.05, 0) is 49.7 Å². The average molecular weight is 402 g/mol. The normalized spacial score (nSPS) is 25.6. The van der Waals surface area contributed by atoms with E-state index in [1.807, 2.05) is 42.5 Å². The Kier molecular flexibility index (Phi) is 4.99. The summed E-state index contributed by atoms with van der Waals surface area (Å²) in [6.45, 7) is 0. The number of aromatic nitrogens is 2. The van der Waals surface area contributed by atoms with E-state index in [0.717, 1.165) is 37.5 Å². The standard InChI is InChI=1S/C24H26N4O2/c29-23(21-14-20(21)15-7-2-1-3-8-15)26-17-10-6-9-16(13-17)25-22-18-11-4-5-12-19(18)24(30)28-27-22/h1-5,7-8,11-12,16-17,20-21H,6,9-10,13-14H2,(H,25,27)(H,26,29)(H,28,30). The highest BCUT2D eigenvalue weighted by Crippen LogP contribution is 2.47. The van der Waals surface area contributed by atoms with E-state index < -0.39 is 0 Å². The lowest BCUT2D eigenvalue weighted by Gasteiger charge is -2.31. The van der Waals surface area contributed by atoms with Crippen molar-refractivity contribution in [3.63, 3.8) is 0 Å². The summed E-state index contributed by atoms with van der Waals surface area (Å²) in [6.07, 6.45) is 4.89. The van der Waals surface area contributed by atoms with Crippen molar-refractivity contribution < 1.29 is 4.79 Å². The van der Waals surface area contributed by atoms with Gasteiger partial charge in [-0.3, -0.25) is 9.59 Å². The lowest BCUT2D eigenvalue weighted by Crippen LogP contribution is -2.42. The minimum atomic E-state index is -0.178. The predicted octanol–water partition coefficient (Wildman–Crippen LogP) is 3.57. The van der Waals surface area contributed by atoms with Crippen LogP contribution in [0.25, 0.3) is 10.8 Å². The second-order valence-corrected chi connectivity index (χ2v) is 8.52. The summed E-state index contributed by atoms with van der Waals surface area (Å²) in [4.78, 5) is 24.8. The van der Waals surface area contributed by atoms with E-state index in [4.69, 9.17) is 0 Å². The molecule has 1 amide bonds. The molecular formula is C24H26N4O2. The Hall–Kier alpha value is -3.15. The highest BCUT2D eigenvalue weighted by atomic mass is 16.2. The van der Waals surface area contributed by atoms with Crippen LogP contribution in [0.15, 0.2) is 59.4 Å². The number of hydrogen-bond acceptors (Lipinski definition) is 4. The maximum Gasteiger partial charge on any atom is 0.272 e. The zero-order valence-corrected chi connectivity index (χ0v) is 16.8. The van der Waals surface area contributed by atoms with Crippen LogP contribution in [-0.4, -0.2) is 28.2 Å². The molecule has 0 spiro atoms. The number of benzene rings is 2. The van der Waals surface area contributed by atoms with Crippen LogP contribution in [-0.2, 0) is 4.79 Å². The van der Waals surface area contributed by atoms with Crippen LogP contribution in [0.5, 0.6) is 0 Å². The summed E-state index contributed by atoms with van der Waals surface area (Å²) in [6, 6.07) is 18.2. The van der Waals surface area contributed by atoms with E-state index in [-0.39, 0.29) is 29.5 Å². The number of nitrogens with one attached hydrogen (secondary N) is 3. The summed E-state index contributed by atoms with van der Waals surface area (Å²) in [7, 11) is 0. The molecule has 0 radical (unpaired) electrons. The minimum Gasteiger partial charge on any atom is -0.365 e. The fourth-order valence-corrected chi connectivity index (χ4v) is 4.73. The summed E-state index contributed by atoms with van der Waals surface area (Å²) in [5.74, 6) is 1.35. The quantitative estimate of drug-likeness (QED) is 0.609. The Morgan fingerprint density at radius 1 is 0.933 bits per heavy atom. The third-order valence-electron chi connectivity index (χ3n) is 6.41. The number of aromatic amines is 1. The van der Waals surface area contributed by atoms with Crippen LogP contribution in [0.2, 0.25) is 0 Å². The Balaban J connectivity index is 1.21. The predicted molar refractivity (Wildman–Crippen MR) is 117 cm³/mol. The molecule has 3 aromatic rings. The number of anilines is 1. The molecule has 2 aliphatic carbocycles. The van der Waals surface area contributed by atoms with Crippen molar-refractivity contribution in [2.24, 2.45) is 5.92 Å². The van der Waals surface area contributed by atoms with Crippen molar-refractivity contribution in [2.75, 3.05) is 5.32 Å². The fourth-order valence-electron chi connectivity index (χ4n) is 4.73. The molecule has 3 N–H and O–H groups in total. The molecule has 0 bridgehead atoms. The van der Waals surface area contributed by atoms with Gasteiger partial charge in [-0.25, -0.2) is 5.10 Å². The topological polar surface area (TPSA) is 86.9 Å². The Morgan fingerprint density at radius 2 is 1.67 bits per heavy atom. The Bertz CT molecular complexity index is 1110. The van der Waals surface area contributed by atoms with Crippen LogP contribution in [0.3, 0.4) is 0 Å². The largest absolute Gasteiger partial charge is 0.365 e. The smallest absolute Gasteiger partial charge is 0.272 e. The molecular weight excluding hydrogens is 376 g/mol. The van der Waals surface area contributed by atoms with Gasteiger partial charge in [-0.1, -0.05) is 48.5 Å². The zero-order valence-electron chi connectivity index (χ0n) is 16.8.